The lowest BCUT2D eigenvalue weighted by atomic mass is 10.0. The molecule has 2 aromatic heterocycles. The second-order valence-corrected chi connectivity index (χ2v) is 8.24. The molecule has 4 rings (SSSR count). The van der Waals surface area contributed by atoms with Crippen LogP contribution in [0.5, 0.6) is 11.5 Å². The summed E-state index contributed by atoms with van der Waals surface area (Å²) in [5.41, 5.74) is 1.09. The van der Waals surface area contributed by atoms with Crippen LogP contribution < -0.4 is 15.4 Å². The Kier molecular flexibility index (Phi) is 6.48. The number of morpholine rings is 1. The lowest BCUT2D eigenvalue weighted by molar-refractivity contribution is -0.00572. The van der Waals surface area contributed by atoms with E-state index in [0.29, 0.717) is 23.1 Å². The molecular formula is C23H28N6O3. The average molecular weight is 437 g/mol. The van der Waals surface area contributed by atoms with Gasteiger partial charge in [-0.15, -0.1) is 0 Å². The minimum absolute atomic E-state index is 0.0299. The summed E-state index contributed by atoms with van der Waals surface area (Å²) in [7, 11) is 1.56. The summed E-state index contributed by atoms with van der Waals surface area (Å²) >= 11 is 0. The summed E-state index contributed by atoms with van der Waals surface area (Å²) in [6.45, 7) is 8.56. The van der Waals surface area contributed by atoms with Crippen molar-refractivity contribution in [2.45, 2.75) is 19.4 Å². The predicted molar refractivity (Wildman–Crippen MR) is 122 cm³/mol. The first-order valence-electron chi connectivity index (χ1n) is 10.6. The van der Waals surface area contributed by atoms with Crippen LogP contribution in [0.1, 0.15) is 24.3 Å². The number of ether oxygens (including phenoxy) is 2. The Morgan fingerprint density at radius 2 is 1.94 bits per heavy atom. The maximum absolute atomic E-state index is 11.8. The normalized spacial score (nSPS) is 14.8. The van der Waals surface area contributed by atoms with Crippen molar-refractivity contribution in [3.8, 4) is 11.5 Å². The molecule has 3 heterocycles. The summed E-state index contributed by atoms with van der Waals surface area (Å²) < 4.78 is 11.4. The van der Waals surface area contributed by atoms with Crippen molar-refractivity contribution >= 4 is 22.8 Å². The van der Waals surface area contributed by atoms with Crippen LogP contribution in [-0.2, 0) is 4.74 Å². The summed E-state index contributed by atoms with van der Waals surface area (Å²) in [5, 5.41) is 6.78. The van der Waals surface area contributed by atoms with E-state index in [1.165, 1.54) is 0 Å². The second kappa shape index (κ2) is 9.46. The van der Waals surface area contributed by atoms with Crippen LogP contribution in [0, 0.1) is 0 Å². The molecule has 1 fully saturated rings. The molecule has 0 saturated carbocycles. The smallest absolute Gasteiger partial charge is 0.269 e. The highest BCUT2D eigenvalue weighted by atomic mass is 16.5. The quantitative estimate of drug-likeness (QED) is 0.583. The number of hydrogen-bond donors (Lipinski definition) is 2. The number of benzene rings is 1. The maximum Gasteiger partial charge on any atom is 0.269 e. The van der Waals surface area contributed by atoms with E-state index in [0.717, 1.165) is 43.8 Å². The van der Waals surface area contributed by atoms with Gasteiger partial charge in [0.05, 0.1) is 18.7 Å². The highest BCUT2D eigenvalue weighted by molar-refractivity contribution is 5.92. The molecule has 1 aromatic carbocycles. The number of carbonyl (C=O) groups is 1. The first-order chi connectivity index (χ1) is 15.4. The van der Waals surface area contributed by atoms with E-state index in [1.54, 1.807) is 31.6 Å². The van der Waals surface area contributed by atoms with Crippen molar-refractivity contribution in [1.82, 2.24) is 25.2 Å². The van der Waals surface area contributed by atoms with Crippen molar-refractivity contribution in [3.05, 3.63) is 48.4 Å². The van der Waals surface area contributed by atoms with Gasteiger partial charge in [-0.3, -0.25) is 14.7 Å². The molecule has 0 spiro atoms. The third kappa shape index (κ3) is 5.12. The van der Waals surface area contributed by atoms with Gasteiger partial charge in [-0.2, -0.15) is 0 Å². The second-order valence-electron chi connectivity index (χ2n) is 8.24. The van der Waals surface area contributed by atoms with Gasteiger partial charge in [-0.1, -0.05) is 0 Å². The Morgan fingerprint density at radius 3 is 2.72 bits per heavy atom. The summed E-state index contributed by atoms with van der Waals surface area (Å²) in [5.74, 6) is 1.49. The number of pyridine rings is 1. The molecule has 32 heavy (non-hydrogen) atoms. The highest BCUT2D eigenvalue weighted by Gasteiger charge is 2.28. The third-order valence-corrected chi connectivity index (χ3v) is 5.52. The molecule has 0 bridgehead atoms. The Hall–Kier alpha value is -3.30. The minimum atomic E-state index is -0.265. The molecule has 0 atom stereocenters. The van der Waals surface area contributed by atoms with E-state index in [4.69, 9.17) is 9.47 Å². The van der Waals surface area contributed by atoms with Gasteiger partial charge in [0.2, 0.25) is 5.95 Å². The molecule has 9 heteroatoms. The third-order valence-electron chi connectivity index (χ3n) is 5.52. The Labute approximate surface area is 187 Å². The van der Waals surface area contributed by atoms with Gasteiger partial charge in [0.15, 0.2) is 0 Å². The van der Waals surface area contributed by atoms with E-state index in [1.807, 2.05) is 18.2 Å². The first-order valence-corrected chi connectivity index (χ1v) is 10.6. The number of nitrogens with one attached hydrogen (secondary N) is 2. The highest BCUT2D eigenvalue weighted by Crippen LogP contribution is 2.25. The van der Waals surface area contributed by atoms with Crippen LogP contribution in [0.25, 0.3) is 10.9 Å². The first kappa shape index (κ1) is 21.9. The fraction of sp³-hybridized carbons (Fsp3) is 0.391. The van der Waals surface area contributed by atoms with Crippen LogP contribution in [0.4, 0.5) is 5.95 Å². The van der Waals surface area contributed by atoms with Crippen LogP contribution >= 0.6 is 0 Å². The number of hydrogen-bond acceptors (Lipinski definition) is 8. The van der Waals surface area contributed by atoms with Crippen LogP contribution in [0.3, 0.4) is 0 Å². The number of rotatable bonds is 7. The zero-order valence-corrected chi connectivity index (χ0v) is 18.6. The van der Waals surface area contributed by atoms with Gasteiger partial charge in [0.25, 0.3) is 5.91 Å². The van der Waals surface area contributed by atoms with E-state index in [-0.39, 0.29) is 11.4 Å². The molecule has 2 N–H and O–H groups in total. The van der Waals surface area contributed by atoms with Crippen molar-refractivity contribution in [2.24, 2.45) is 0 Å². The molecule has 0 aliphatic carbocycles. The monoisotopic (exact) mass is 436 g/mol. The van der Waals surface area contributed by atoms with Gasteiger partial charge in [0.1, 0.15) is 17.2 Å². The molecule has 0 unspecified atom stereocenters. The average Bonchev–Trinajstić information content (AvgIpc) is 2.83. The zero-order chi connectivity index (χ0) is 22.6. The molecular weight excluding hydrogens is 408 g/mol. The summed E-state index contributed by atoms with van der Waals surface area (Å²) in [6, 6.07) is 8.91. The molecule has 168 valence electrons. The Bertz CT molecular complexity index is 1100. The molecule has 9 nitrogen and oxygen atoms in total. The molecule has 1 aliphatic rings. The fourth-order valence-corrected chi connectivity index (χ4v) is 3.60. The van der Waals surface area contributed by atoms with E-state index >= 15 is 0 Å². The lowest BCUT2D eigenvalue weighted by Gasteiger charge is -2.40. The SMILES string of the molecule is CNC(=O)c1cc(Oc2ccc3nc(NCC(C)(C)N4CCOCC4)ncc3c2)ccn1. The number of amides is 1. The summed E-state index contributed by atoms with van der Waals surface area (Å²) in [6.07, 6.45) is 3.32. The standard InChI is InChI=1S/C23H28N6O3/c1-23(2,29-8-10-31-11-9-29)15-27-22-26-14-16-12-17(4-5-19(16)28-22)32-18-6-7-25-20(13-18)21(30)24-3/h4-7,12-14H,8-11,15H2,1-3H3,(H,24,30)(H,26,27,28). The number of anilines is 1. The summed E-state index contributed by atoms with van der Waals surface area (Å²) in [4.78, 5) is 27.3. The number of fused-ring (bicyclic) bond motifs is 1. The number of carbonyl (C=O) groups excluding carboxylic acids is 1. The molecule has 1 aliphatic heterocycles. The Balaban J connectivity index is 1.44. The van der Waals surface area contributed by atoms with E-state index in [9.17, 15) is 4.79 Å². The van der Waals surface area contributed by atoms with Gasteiger partial charge < -0.3 is 20.1 Å². The lowest BCUT2D eigenvalue weighted by Crippen LogP contribution is -2.53. The minimum Gasteiger partial charge on any atom is -0.457 e. The van der Waals surface area contributed by atoms with Crippen LogP contribution in [-0.4, -0.2) is 71.2 Å². The molecule has 3 aromatic rings. The zero-order valence-electron chi connectivity index (χ0n) is 18.6. The number of aromatic nitrogens is 3. The van der Waals surface area contributed by atoms with Crippen molar-refractivity contribution < 1.29 is 14.3 Å². The molecule has 0 radical (unpaired) electrons. The van der Waals surface area contributed by atoms with Crippen molar-refractivity contribution in [2.75, 3.05) is 45.2 Å². The topological polar surface area (TPSA) is 102 Å². The van der Waals surface area contributed by atoms with Crippen molar-refractivity contribution in [1.29, 1.82) is 0 Å². The largest absolute Gasteiger partial charge is 0.457 e. The predicted octanol–water partition coefficient (Wildman–Crippen LogP) is 2.70. The Morgan fingerprint density at radius 1 is 1.16 bits per heavy atom. The van der Waals surface area contributed by atoms with E-state index < -0.39 is 0 Å². The number of nitrogens with zero attached hydrogens (tertiary/aromatic N) is 4. The van der Waals surface area contributed by atoms with E-state index in [2.05, 4.69) is 44.3 Å². The van der Waals surface area contributed by atoms with Gasteiger partial charge in [-0.05, 0) is 38.1 Å². The van der Waals surface area contributed by atoms with Crippen LogP contribution in [0.15, 0.2) is 42.7 Å². The van der Waals surface area contributed by atoms with Gasteiger partial charge >= 0.3 is 0 Å². The van der Waals surface area contributed by atoms with Gasteiger partial charge in [0, 0.05) is 56.1 Å². The fourth-order valence-electron chi connectivity index (χ4n) is 3.60. The molecule has 1 saturated heterocycles. The van der Waals surface area contributed by atoms with Crippen molar-refractivity contribution in [3.63, 3.8) is 0 Å². The van der Waals surface area contributed by atoms with Gasteiger partial charge in [-0.25, -0.2) is 9.97 Å². The maximum atomic E-state index is 11.8. The molecule has 1 amide bonds. The van der Waals surface area contributed by atoms with Crippen LogP contribution in [0.2, 0.25) is 0 Å².